The van der Waals surface area contributed by atoms with Gasteiger partial charge in [0.25, 0.3) is 0 Å². The van der Waals surface area contributed by atoms with E-state index in [1.54, 1.807) is 13.8 Å². The number of aliphatic hydroxyl groups excluding tert-OH is 1. The molecule has 1 aromatic carbocycles. The SMILES string of the molecule is CCNC(=NCC(O)c1ccc(C)cc1)NC(C)c1nc(C)c(C(=O)OCC)s1.I. The summed E-state index contributed by atoms with van der Waals surface area (Å²) in [7, 11) is 0. The Bertz CT molecular complexity index is 839. The lowest BCUT2D eigenvalue weighted by Gasteiger charge is -2.17. The van der Waals surface area contributed by atoms with Gasteiger partial charge >= 0.3 is 5.97 Å². The van der Waals surface area contributed by atoms with Crippen LogP contribution in [0.15, 0.2) is 29.3 Å². The summed E-state index contributed by atoms with van der Waals surface area (Å²) in [6, 6.07) is 7.61. The van der Waals surface area contributed by atoms with Crippen LogP contribution in [-0.2, 0) is 4.74 Å². The zero-order valence-electron chi connectivity index (χ0n) is 18.1. The van der Waals surface area contributed by atoms with Gasteiger partial charge in [0.1, 0.15) is 9.88 Å². The van der Waals surface area contributed by atoms with E-state index >= 15 is 0 Å². The quantitative estimate of drug-likeness (QED) is 0.201. The molecule has 3 N–H and O–H groups in total. The fourth-order valence-corrected chi connectivity index (χ4v) is 3.61. The molecule has 0 aliphatic rings. The third kappa shape index (κ3) is 7.51. The molecule has 2 aromatic rings. The van der Waals surface area contributed by atoms with E-state index in [1.165, 1.54) is 11.3 Å². The number of halogens is 1. The number of carbonyl (C=O) groups excluding carboxylic acids is 1. The molecule has 0 spiro atoms. The van der Waals surface area contributed by atoms with Gasteiger partial charge in [-0.15, -0.1) is 35.3 Å². The number of guanidine groups is 1. The zero-order valence-corrected chi connectivity index (χ0v) is 21.2. The molecule has 0 fully saturated rings. The van der Waals surface area contributed by atoms with Gasteiger partial charge in [0.2, 0.25) is 0 Å². The van der Waals surface area contributed by atoms with Crippen LogP contribution < -0.4 is 10.6 Å². The number of hydrogen-bond acceptors (Lipinski definition) is 6. The molecule has 0 saturated heterocycles. The van der Waals surface area contributed by atoms with Crippen LogP contribution in [0, 0.1) is 13.8 Å². The van der Waals surface area contributed by atoms with Crippen LogP contribution in [0.25, 0.3) is 0 Å². The van der Waals surface area contributed by atoms with E-state index in [0.29, 0.717) is 29.7 Å². The number of nitrogens with zero attached hydrogens (tertiary/aromatic N) is 2. The molecule has 0 saturated carbocycles. The Kier molecular flexibility index (Phi) is 11.3. The van der Waals surface area contributed by atoms with Crippen molar-refractivity contribution in [1.82, 2.24) is 15.6 Å². The Hall–Kier alpha value is -1.72. The summed E-state index contributed by atoms with van der Waals surface area (Å²) in [5.74, 6) is 0.236. The highest BCUT2D eigenvalue weighted by Gasteiger charge is 2.20. The molecular weight excluding hydrogens is 515 g/mol. The topological polar surface area (TPSA) is 95.8 Å². The smallest absolute Gasteiger partial charge is 0.350 e. The minimum atomic E-state index is -0.682. The molecule has 9 heteroatoms. The van der Waals surface area contributed by atoms with E-state index in [0.717, 1.165) is 16.1 Å². The number of aliphatic imine (C=N–C) groups is 1. The molecule has 0 radical (unpaired) electrons. The lowest BCUT2D eigenvalue weighted by atomic mass is 10.1. The highest BCUT2D eigenvalue weighted by Crippen LogP contribution is 2.24. The van der Waals surface area contributed by atoms with Crippen molar-refractivity contribution >= 4 is 47.2 Å². The second kappa shape index (κ2) is 12.9. The Morgan fingerprint density at radius 3 is 2.53 bits per heavy atom. The number of aryl methyl sites for hydroxylation is 2. The summed E-state index contributed by atoms with van der Waals surface area (Å²) in [6.07, 6.45) is -0.682. The first-order valence-electron chi connectivity index (χ1n) is 9.79. The molecule has 1 aromatic heterocycles. The van der Waals surface area contributed by atoms with E-state index < -0.39 is 6.10 Å². The van der Waals surface area contributed by atoms with Crippen molar-refractivity contribution in [2.24, 2.45) is 4.99 Å². The Balaban J connectivity index is 0.00000450. The number of benzene rings is 1. The lowest BCUT2D eigenvalue weighted by molar-refractivity contribution is 0.0531. The second-order valence-electron chi connectivity index (χ2n) is 6.70. The molecule has 0 amide bonds. The van der Waals surface area contributed by atoms with Crippen molar-refractivity contribution in [2.45, 2.75) is 46.8 Å². The molecule has 1 heterocycles. The number of aliphatic hydroxyl groups is 1. The van der Waals surface area contributed by atoms with Crippen molar-refractivity contribution < 1.29 is 14.6 Å². The summed E-state index contributed by atoms with van der Waals surface area (Å²) >= 11 is 1.32. The van der Waals surface area contributed by atoms with Crippen LogP contribution in [0.5, 0.6) is 0 Å². The summed E-state index contributed by atoms with van der Waals surface area (Å²) in [5.41, 5.74) is 2.64. The maximum atomic E-state index is 12.0. The van der Waals surface area contributed by atoms with E-state index in [2.05, 4.69) is 20.6 Å². The molecule has 166 valence electrons. The lowest BCUT2D eigenvalue weighted by Crippen LogP contribution is -2.39. The Morgan fingerprint density at radius 2 is 1.93 bits per heavy atom. The minimum absolute atomic E-state index is 0. The van der Waals surface area contributed by atoms with Gasteiger partial charge in [-0.1, -0.05) is 29.8 Å². The minimum Gasteiger partial charge on any atom is -0.462 e. The van der Waals surface area contributed by atoms with Gasteiger partial charge in [0, 0.05) is 6.54 Å². The molecule has 2 rings (SSSR count). The van der Waals surface area contributed by atoms with Crippen molar-refractivity contribution in [1.29, 1.82) is 0 Å². The van der Waals surface area contributed by atoms with Crippen LogP contribution >= 0.6 is 35.3 Å². The Morgan fingerprint density at radius 1 is 1.27 bits per heavy atom. The fraction of sp³-hybridized carbons (Fsp3) is 0.476. The number of rotatable bonds is 8. The van der Waals surface area contributed by atoms with Gasteiger partial charge in [0.05, 0.1) is 31.0 Å². The highest BCUT2D eigenvalue weighted by molar-refractivity contribution is 14.0. The molecule has 0 aliphatic carbocycles. The maximum Gasteiger partial charge on any atom is 0.350 e. The maximum absolute atomic E-state index is 12.0. The fourth-order valence-electron chi connectivity index (χ4n) is 2.65. The predicted octanol–water partition coefficient (Wildman–Crippen LogP) is 3.90. The van der Waals surface area contributed by atoms with Gasteiger partial charge < -0.3 is 20.5 Å². The number of ether oxygens (including phenoxy) is 1. The standard InChI is InChI=1S/C21H30N4O3S.HI/c1-6-22-21(23-12-17(26)16-10-8-13(3)9-11-16)25-15(5)19-24-14(4)18(29-19)20(27)28-7-2;/h8-11,15,17,26H,6-7,12H2,1-5H3,(H2,22,23,25);1H. The van der Waals surface area contributed by atoms with Crippen LogP contribution in [0.4, 0.5) is 0 Å². The van der Waals surface area contributed by atoms with Gasteiger partial charge in [-0.3, -0.25) is 4.99 Å². The number of nitrogens with one attached hydrogen (secondary N) is 2. The van der Waals surface area contributed by atoms with Crippen molar-refractivity contribution in [3.8, 4) is 0 Å². The van der Waals surface area contributed by atoms with Crippen molar-refractivity contribution in [2.75, 3.05) is 19.7 Å². The Labute approximate surface area is 199 Å². The second-order valence-corrected chi connectivity index (χ2v) is 7.73. The third-order valence-corrected chi connectivity index (χ3v) is 5.55. The number of aromatic nitrogens is 1. The molecule has 2 unspecified atom stereocenters. The monoisotopic (exact) mass is 546 g/mol. The normalized spacial score (nSPS) is 13.2. The van der Waals surface area contributed by atoms with Crippen LogP contribution in [0.1, 0.15) is 64.4 Å². The first kappa shape index (κ1) is 26.3. The average molecular weight is 546 g/mol. The van der Waals surface area contributed by atoms with Gasteiger partial charge in [-0.2, -0.15) is 0 Å². The van der Waals surface area contributed by atoms with E-state index in [1.807, 2.05) is 45.0 Å². The highest BCUT2D eigenvalue weighted by atomic mass is 127. The first-order valence-corrected chi connectivity index (χ1v) is 10.6. The average Bonchev–Trinajstić information content (AvgIpc) is 3.08. The van der Waals surface area contributed by atoms with Crippen molar-refractivity contribution in [3.63, 3.8) is 0 Å². The summed E-state index contributed by atoms with van der Waals surface area (Å²) < 4.78 is 5.08. The predicted molar refractivity (Wildman–Crippen MR) is 132 cm³/mol. The number of carbonyl (C=O) groups is 1. The summed E-state index contributed by atoms with van der Waals surface area (Å²) in [5, 5.41) is 17.6. The molecule has 7 nitrogen and oxygen atoms in total. The zero-order chi connectivity index (χ0) is 21.4. The number of thiazole rings is 1. The molecule has 0 aliphatic heterocycles. The number of hydrogen-bond donors (Lipinski definition) is 3. The van der Waals surface area contributed by atoms with Crippen LogP contribution in [0.3, 0.4) is 0 Å². The third-order valence-electron chi connectivity index (χ3n) is 4.23. The summed E-state index contributed by atoms with van der Waals surface area (Å²) in [6.45, 7) is 10.8. The molecule has 2 atom stereocenters. The molecule has 30 heavy (non-hydrogen) atoms. The molecule has 0 bridgehead atoms. The van der Waals surface area contributed by atoms with E-state index in [-0.39, 0.29) is 42.5 Å². The number of esters is 1. The van der Waals surface area contributed by atoms with Crippen LogP contribution in [-0.4, -0.2) is 41.7 Å². The van der Waals surface area contributed by atoms with Gasteiger partial charge in [-0.25, -0.2) is 9.78 Å². The van der Waals surface area contributed by atoms with E-state index in [4.69, 9.17) is 4.74 Å². The molecular formula is C21H31IN4O3S. The largest absolute Gasteiger partial charge is 0.462 e. The van der Waals surface area contributed by atoms with E-state index in [9.17, 15) is 9.90 Å². The van der Waals surface area contributed by atoms with Gasteiger partial charge in [0.15, 0.2) is 5.96 Å². The summed E-state index contributed by atoms with van der Waals surface area (Å²) in [4.78, 5) is 21.5. The van der Waals surface area contributed by atoms with Crippen LogP contribution in [0.2, 0.25) is 0 Å². The van der Waals surface area contributed by atoms with Gasteiger partial charge in [-0.05, 0) is 40.2 Å². The first-order chi connectivity index (χ1) is 13.8. The van der Waals surface area contributed by atoms with Crippen molar-refractivity contribution in [3.05, 3.63) is 51.0 Å².